The molecule has 4 rings (SSSR count). The van der Waals surface area contributed by atoms with Gasteiger partial charge in [-0.25, -0.2) is 0 Å². The van der Waals surface area contributed by atoms with Crippen molar-refractivity contribution < 1.29 is 19.1 Å². The van der Waals surface area contributed by atoms with E-state index >= 15 is 0 Å². The molecule has 1 N–H and O–H groups in total. The number of methoxy groups -OCH3 is 1. The maximum Gasteiger partial charge on any atom is 0.270 e. The molecule has 0 saturated carbocycles. The van der Waals surface area contributed by atoms with Gasteiger partial charge >= 0.3 is 0 Å². The number of carbonyl (C=O) groups excluding carboxylic acids is 2. The summed E-state index contributed by atoms with van der Waals surface area (Å²) in [5.74, 6) is -0.535. The minimum Gasteiger partial charge on any atom is -0.496 e. The van der Waals surface area contributed by atoms with E-state index in [1.807, 2.05) is 25.1 Å². The lowest BCUT2D eigenvalue weighted by atomic mass is 10.0. The molecule has 0 radical (unpaired) electrons. The number of hydrogen-bond donors (Lipinski definition) is 1. The van der Waals surface area contributed by atoms with Crippen LogP contribution in [-0.4, -0.2) is 50.3 Å². The van der Waals surface area contributed by atoms with Crippen molar-refractivity contribution in [1.29, 1.82) is 0 Å². The third-order valence-corrected chi connectivity index (χ3v) is 6.10. The molecular formula is C23H22ClN3O4S. The van der Waals surface area contributed by atoms with Gasteiger partial charge in [-0.1, -0.05) is 17.7 Å². The van der Waals surface area contributed by atoms with Gasteiger partial charge in [0, 0.05) is 35.4 Å². The minimum atomic E-state index is -0.561. The number of anilines is 2. The molecule has 2 aliphatic heterocycles. The van der Waals surface area contributed by atoms with Crippen molar-refractivity contribution >= 4 is 58.2 Å². The average Bonchev–Trinajstić information content (AvgIpc) is 2.79. The van der Waals surface area contributed by atoms with Crippen LogP contribution in [0.2, 0.25) is 5.02 Å². The quantitative estimate of drug-likeness (QED) is 0.419. The topological polar surface area (TPSA) is 71.1 Å². The maximum atomic E-state index is 13.3. The molecule has 2 aliphatic rings. The Morgan fingerprint density at radius 2 is 1.84 bits per heavy atom. The largest absolute Gasteiger partial charge is 0.496 e. The van der Waals surface area contributed by atoms with Crippen LogP contribution in [0.1, 0.15) is 11.1 Å². The lowest BCUT2D eigenvalue weighted by molar-refractivity contribution is -0.122. The molecule has 2 saturated heterocycles. The lowest BCUT2D eigenvalue weighted by Crippen LogP contribution is -2.54. The van der Waals surface area contributed by atoms with Crippen LogP contribution in [0.3, 0.4) is 0 Å². The van der Waals surface area contributed by atoms with Crippen LogP contribution in [0, 0.1) is 6.92 Å². The van der Waals surface area contributed by atoms with E-state index in [4.69, 9.17) is 33.3 Å². The summed E-state index contributed by atoms with van der Waals surface area (Å²) in [5.41, 5.74) is 2.90. The first-order valence-electron chi connectivity index (χ1n) is 10.1. The third-order valence-electron chi connectivity index (χ3n) is 5.41. The summed E-state index contributed by atoms with van der Waals surface area (Å²) in [7, 11) is 1.55. The van der Waals surface area contributed by atoms with Crippen molar-refractivity contribution in [2.75, 3.05) is 43.2 Å². The second kappa shape index (κ2) is 9.28. The number of nitrogens with one attached hydrogen (secondary N) is 1. The predicted octanol–water partition coefficient (Wildman–Crippen LogP) is 3.32. The molecule has 32 heavy (non-hydrogen) atoms. The van der Waals surface area contributed by atoms with Crippen molar-refractivity contribution in [2.24, 2.45) is 0 Å². The highest BCUT2D eigenvalue weighted by Gasteiger charge is 2.35. The Morgan fingerprint density at radius 3 is 2.53 bits per heavy atom. The number of rotatable bonds is 4. The fraction of sp³-hybridized carbons (Fsp3) is 0.261. The van der Waals surface area contributed by atoms with E-state index in [1.165, 1.54) is 11.0 Å². The summed E-state index contributed by atoms with van der Waals surface area (Å²) in [4.78, 5) is 29.4. The van der Waals surface area contributed by atoms with Crippen LogP contribution >= 0.6 is 23.8 Å². The van der Waals surface area contributed by atoms with Crippen LogP contribution in [-0.2, 0) is 14.3 Å². The average molecular weight is 472 g/mol. The summed E-state index contributed by atoms with van der Waals surface area (Å²) in [6.45, 7) is 4.78. The zero-order valence-electron chi connectivity index (χ0n) is 17.7. The molecule has 2 aromatic rings. The van der Waals surface area contributed by atoms with E-state index in [1.54, 1.807) is 25.3 Å². The number of amides is 2. The fourth-order valence-electron chi connectivity index (χ4n) is 3.61. The SMILES string of the molecule is COc1cc(N2CCOCC2)ccc1/C=C1/C(=O)NC(=S)N(c2ccc(C)c(Cl)c2)C1=O. The van der Waals surface area contributed by atoms with Gasteiger partial charge in [-0.15, -0.1) is 0 Å². The molecule has 0 atom stereocenters. The van der Waals surface area contributed by atoms with Gasteiger partial charge in [-0.05, 0) is 55.0 Å². The normalized spacial score (nSPS) is 18.2. The van der Waals surface area contributed by atoms with E-state index in [0.717, 1.165) is 24.3 Å². The Bertz CT molecular complexity index is 1130. The van der Waals surface area contributed by atoms with E-state index in [2.05, 4.69) is 10.2 Å². The zero-order valence-corrected chi connectivity index (χ0v) is 19.3. The van der Waals surface area contributed by atoms with Gasteiger partial charge in [0.25, 0.3) is 11.8 Å². The molecule has 2 aromatic carbocycles. The van der Waals surface area contributed by atoms with Crippen LogP contribution in [0.5, 0.6) is 5.75 Å². The molecule has 0 aliphatic carbocycles. The second-order valence-corrected chi connectivity index (χ2v) is 8.21. The smallest absolute Gasteiger partial charge is 0.270 e. The highest BCUT2D eigenvalue weighted by Crippen LogP contribution is 2.30. The van der Waals surface area contributed by atoms with Crippen molar-refractivity contribution in [3.63, 3.8) is 0 Å². The van der Waals surface area contributed by atoms with Gasteiger partial charge in [0.2, 0.25) is 0 Å². The second-order valence-electron chi connectivity index (χ2n) is 7.42. The Hall–Kier alpha value is -2.94. The first-order chi connectivity index (χ1) is 15.4. The zero-order chi connectivity index (χ0) is 22.8. The third kappa shape index (κ3) is 4.34. The molecule has 2 heterocycles. The highest BCUT2D eigenvalue weighted by atomic mass is 35.5. The number of carbonyl (C=O) groups is 2. The number of aryl methyl sites for hydroxylation is 1. The van der Waals surface area contributed by atoms with Gasteiger partial charge in [0.1, 0.15) is 11.3 Å². The van der Waals surface area contributed by atoms with Crippen molar-refractivity contribution in [3.8, 4) is 5.75 Å². The fourth-order valence-corrected chi connectivity index (χ4v) is 4.06. The molecule has 2 amide bonds. The number of ether oxygens (including phenoxy) is 2. The number of nitrogens with zero attached hydrogens (tertiary/aromatic N) is 2. The van der Waals surface area contributed by atoms with E-state index < -0.39 is 11.8 Å². The van der Waals surface area contributed by atoms with Gasteiger partial charge in [-0.2, -0.15) is 0 Å². The number of halogens is 1. The summed E-state index contributed by atoms with van der Waals surface area (Å²) < 4.78 is 11.0. The Morgan fingerprint density at radius 1 is 1.12 bits per heavy atom. The molecular weight excluding hydrogens is 450 g/mol. The van der Waals surface area contributed by atoms with E-state index in [9.17, 15) is 9.59 Å². The molecule has 166 valence electrons. The summed E-state index contributed by atoms with van der Waals surface area (Å²) >= 11 is 11.5. The summed E-state index contributed by atoms with van der Waals surface area (Å²) in [5, 5.41) is 3.09. The minimum absolute atomic E-state index is 0.00620. The van der Waals surface area contributed by atoms with Gasteiger partial charge < -0.3 is 14.4 Å². The Labute approximate surface area is 196 Å². The van der Waals surface area contributed by atoms with Crippen LogP contribution in [0.15, 0.2) is 42.0 Å². The molecule has 0 spiro atoms. The number of morpholine rings is 1. The first kappa shape index (κ1) is 22.3. The molecule has 2 fully saturated rings. The standard InChI is InChI=1S/C23H22ClN3O4S/c1-14-3-5-17(12-19(14)24)27-22(29)18(21(28)25-23(27)32)11-15-4-6-16(13-20(15)30-2)26-7-9-31-10-8-26/h3-6,11-13H,7-10H2,1-2H3,(H,25,28,32)/b18-11-. The van der Waals surface area contributed by atoms with Gasteiger partial charge in [0.15, 0.2) is 5.11 Å². The number of thiocarbonyl (C=S) groups is 1. The summed E-state index contributed by atoms with van der Waals surface area (Å²) in [6, 6.07) is 10.8. The maximum absolute atomic E-state index is 13.3. The molecule has 7 nitrogen and oxygen atoms in total. The van der Waals surface area contributed by atoms with Crippen molar-refractivity contribution in [3.05, 3.63) is 58.1 Å². The molecule has 0 aromatic heterocycles. The monoisotopic (exact) mass is 471 g/mol. The Kier molecular flexibility index (Phi) is 6.45. The van der Waals surface area contributed by atoms with Gasteiger partial charge in [0.05, 0.1) is 26.0 Å². The van der Waals surface area contributed by atoms with Crippen LogP contribution < -0.4 is 19.9 Å². The lowest BCUT2D eigenvalue weighted by Gasteiger charge is -2.30. The van der Waals surface area contributed by atoms with E-state index in [-0.39, 0.29) is 10.7 Å². The predicted molar refractivity (Wildman–Crippen MR) is 128 cm³/mol. The Balaban J connectivity index is 1.68. The number of hydrogen-bond acceptors (Lipinski definition) is 6. The van der Waals surface area contributed by atoms with E-state index in [0.29, 0.717) is 35.2 Å². The highest BCUT2D eigenvalue weighted by molar-refractivity contribution is 7.80. The van der Waals surface area contributed by atoms with Crippen molar-refractivity contribution in [1.82, 2.24) is 5.32 Å². The summed E-state index contributed by atoms with van der Waals surface area (Å²) in [6.07, 6.45) is 1.52. The molecule has 0 unspecified atom stereocenters. The first-order valence-corrected chi connectivity index (χ1v) is 10.9. The van der Waals surface area contributed by atoms with Crippen LogP contribution in [0.25, 0.3) is 6.08 Å². The van der Waals surface area contributed by atoms with Gasteiger partial charge in [-0.3, -0.25) is 19.8 Å². The van der Waals surface area contributed by atoms with Crippen molar-refractivity contribution in [2.45, 2.75) is 6.92 Å². The molecule has 0 bridgehead atoms. The molecule has 9 heteroatoms. The number of benzene rings is 2. The van der Waals surface area contributed by atoms with Crippen LogP contribution in [0.4, 0.5) is 11.4 Å².